The maximum Gasteiger partial charge on any atom is 0.440 e. The second-order valence-corrected chi connectivity index (χ2v) is 1.75. The SMILES string of the molecule is C#CCN(N)c1noc(=O)[nH]1. The number of terminal acetylenes is 1. The zero-order valence-corrected chi connectivity index (χ0v) is 5.57. The Bertz CT molecular complexity index is 320. The second-order valence-electron chi connectivity index (χ2n) is 1.75. The molecule has 0 atom stereocenters. The van der Waals surface area contributed by atoms with Crippen LogP contribution in [0, 0.1) is 12.3 Å². The normalized spacial score (nSPS) is 9.09. The van der Waals surface area contributed by atoms with E-state index in [2.05, 4.69) is 20.6 Å². The van der Waals surface area contributed by atoms with Gasteiger partial charge in [-0.05, 0) is 5.16 Å². The number of nitrogens with one attached hydrogen (secondary N) is 1. The van der Waals surface area contributed by atoms with Gasteiger partial charge >= 0.3 is 5.76 Å². The third-order valence-corrected chi connectivity index (χ3v) is 0.963. The Morgan fingerprint density at radius 2 is 2.64 bits per heavy atom. The Kier molecular flexibility index (Phi) is 1.94. The van der Waals surface area contributed by atoms with Gasteiger partial charge in [0, 0.05) is 0 Å². The lowest BCUT2D eigenvalue weighted by molar-refractivity contribution is 0.386. The van der Waals surface area contributed by atoms with Gasteiger partial charge in [-0.2, -0.15) is 0 Å². The number of hydrogen-bond donors (Lipinski definition) is 2. The maximum atomic E-state index is 10.4. The Balaban J connectivity index is 2.78. The molecule has 1 aromatic rings. The van der Waals surface area contributed by atoms with Gasteiger partial charge in [0.2, 0.25) is 0 Å². The van der Waals surface area contributed by atoms with Crippen molar-refractivity contribution in [3.05, 3.63) is 10.6 Å². The fraction of sp³-hybridized carbons (Fsp3) is 0.200. The number of hydrazine groups is 1. The highest BCUT2D eigenvalue weighted by molar-refractivity contribution is 5.25. The van der Waals surface area contributed by atoms with E-state index in [4.69, 9.17) is 12.3 Å². The highest BCUT2D eigenvalue weighted by Gasteiger charge is 2.04. The summed E-state index contributed by atoms with van der Waals surface area (Å²) in [6.45, 7) is 0.155. The van der Waals surface area contributed by atoms with Crippen LogP contribution in [0.15, 0.2) is 9.32 Å². The summed E-state index contributed by atoms with van der Waals surface area (Å²) in [6.07, 6.45) is 4.95. The van der Waals surface area contributed by atoms with Crippen LogP contribution < -0.4 is 16.6 Å². The van der Waals surface area contributed by atoms with E-state index in [1.165, 1.54) is 0 Å². The number of rotatable bonds is 2. The van der Waals surface area contributed by atoms with Crippen molar-refractivity contribution in [3.63, 3.8) is 0 Å². The van der Waals surface area contributed by atoms with Crippen LogP contribution in [-0.2, 0) is 0 Å². The lowest BCUT2D eigenvalue weighted by Gasteiger charge is -2.07. The minimum atomic E-state index is -0.660. The Morgan fingerprint density at radius 1 is 1.91 bits per heavy atom. The molecule has 6 nitrogen and oxygen atoms in total. The van der Waals surface area contributed by atoms with Crippen molar-refractivity contribution < 1.29 is 4.52 Å². The molecule has 0 saturated heterocycles. The van der Waals surface area contributed by atoms with Crippen molar-refractivity contribution in [1.29, 1.82) is 0 Å². The van der Waals surface area contributed by atoms with Gasteiger partial charge in [-0.25, -0.2) is 10.6 Å². The first kappa shape index (κ1) is 7.37. The molecule has 3 N–H and O–H groups in total. The van der Waals surface area contributed by atoms with E-state index in [0.717, 1.165) is 5.01 Å². The average Bonchev–Trinajstić information content (AvgIpc) is 2.36. The number of aromatic amines is 1. The number of aromatic nitrogens is 2. The van der Waals surface area contributed by atoms with Crippen LogP contribution in [-0.4, -0.2) is 16.7 Å². The smallest absolute Gasteiger partial charge is 0.294 e. The van der Waals surface area contributed by atoms with Crippen LogP contribution in [0.1, 0.15) is 0 Å². The lowest BCUT2D eigenvalue weighted by atomic mass is 10.6. The van der Waals surface area contributed by atoms with E-state index in [1.54, 1.807) is 0 Å². The Labute approximate surface area is 61.9 Å². The highest BCUT2D eigenvalue weighted by Crippen LogP contribution is 1.94. The molecule has 1 heterocycles. The predicted octanol–water partition coefficient (Wildman–Crippen LogP) is -1.32. The first-order chi connectivity index (χ1) is 5.24. The standard InChI is InChI=1S/C5H6N4O2/c1-2-3-9(6)4-7-5(10)11-8-4/h1H,3,6H2,(H,7,8,10). The molecule has 0 amide bonds. The topological polar surface area (TPSA) is 88.2 Å². The number of nitrogens with zero attached hydrogens (tertiary/aromatic N) is 2. The highest BCUT2D eigenvalue weighted by atomic mass is 16.5. The molecule has 0 aliphatic heterocycles. The van der Waals surface area contributed by atoms with Gasteiger partial charge in [0.05, 0.1) is 6.54 Å². The third-order valence-electron chi connectivity index (χ3n) is 0.963. The van der Waals surface area contributed by atoms with Gasteiger partial charge in [-0.15, -0.1) is 6.42 Å². The van der Waals surface area contributed by atoms with E-state index < -0.39 is 5.76 Å². The zero-order chi connectivity index (χ0) is 8.27. The molecule has 0 saturated carbocycles. The first-order valence-corrected chi connectivity index (χ1v) is 2.75. The molecule has 0 unspecified atom stereocenters. The second kappa shape index (κ2) is 2.90. The summed E-state index contributed by atoms with van der Waals surface area (Å²) in [7, 11) is 0. The summed E-state index contributed by atoms with van der Waals surface area (Å²) in [5.74, 6) is 7.05. The number of anilines is 1. The molecule has 0 bridgehead atoms. The first-order valence-electron chi connectivity index (χ1n) is 2.75. The van der Waals surface area contributed by atoms with E-state index >= 15 is 0 Å². The van der Waals surface area contributed by atoms with Crippen LogP contribution in [0.4, 0.5) is 5.95 Å². The molecule has 1 rings (SSSR count). The van der Waals surface area contributed by atoms with Crippen LogP contribution in [0.2, 0.25) is 0 Å². The summed E-state index contributed by atoms with van der Waals surface area (Å²) in [4.78, 5) is 12.6. The molecule has 6 heteroatoms. The molecule has 0 radical (unpaired) electrons. The van der Waals surface area contributed by atoms with Crippen molar-refractivity contribution in [3.8, 4) is 12.3 Å². The predicted molar refractivity (Wildman–Crippen MR) is 37.5 cm³/mol. The van der Waals surface area contributed by atoms with Crippen LogP contribution in [0.3, 0.4) is 0 Å². The monoisotopic (exact) mass is 154 g/mol. The van der Waals surface area contributed by atoms with Crippen LogP contribution in [0.5, 0.6) is 0 Å². The Hall–Kier alpha value is -1.74. The van der Waals surface area contributed by atoms with E-state index in [0.29, 0.717) is 0 Å². The molecule has 11 heavy (non-hydrogen) atoms. The number of hydrogen-bond acceptors (Lipinski definition) is 5. The van der Waals surface area contributed by atoms with Gasteiger partial charge in [0.15, 0.2) is 0 Å². The lowest BCUT2D eigenvalue weighted by Crippen LogP contribution is -2.32. The molecular weight excluding hydrogens is 148 g/mol. The molecule has 0 fully saturated rings. The molecule has 58 valence electrons. The minimum absolute atomic E-state index is 0.118. The number of H-pyrrole nitrogens is 1. The summed E-state index contributed by atoms with van der Waals surface area (Å²) >= 11 is 0. The molecule has 1 aromatic heterocycles. The summed E-state index contributed by atoms with van der Waals surface area (Å²) in [6, 6.07) is 0. The molecule has 0 spiro atoms. The zero-order valence-electron chi connectivity index (χ0n) is 5.57. The quantitative estimate of drug-likeness (QED) is 0.313. The average molecular weight is 154 g/mol. The van der Waals surface area contributed by atoms with Gasteiger partial charge < -0.3 is 0 Å². The van der Waals surface area contributed by atoms with Gasteiger partial charge in [-0.3, -0.25) is 14.5 Å². The van der Waals surface area contributed by atoms with E-state index in [9.17, 15) is 4.79 Å². The third kappa shape index (κ3) is 1.59. The molecule has 0 aliphatic carbocycles. The maximum absolute atomic E-state index is 10.4. The summed E-state index contributed by atoms with van der Waals surface area (Å²) < 4.78 is 4.18. The number of nitrogens with two attached hydrogens (primary N) is 1. The Morgan fingerprint density at radius 3 is 3.09 bits per heavy atom. The fourth-order valence-electron chi connectivity index (χ4n) is 0.519. The summed E-state index contributed by atoms with van der Waals surface area (Å²) in [5.41, 5.74) is 0. The largest absolute Gasteiger partial charge is 0.440 e. The van der Waals surface area contributed by atoms with Gasteiger partial charge in [0.25, 0.3) is 5.95 Å². The van der Waals surface area contributed by atoms with Crippen molar-refractivity contribution in [2.45, 2.75) is 0 Å². The minimum Gasteiger partial charge on any atom is -0.294 e. The van der Waals surface area contributed by atoms with Crippen LogP contribution >= 0.6 is 0 Å². The van der Waals surface area contributed by atoms with E-state index in [1.807, 2.05) is 0 Å². The molecular formula is C5H6N4O2. The van der Waals surface area contributed by atoms with Crippen molar-refractivity contribution in [2.75, 3.05) is 11.6 Å². The van der Waals surface area contributed by atoms with E-state index in [-0.39, 0.29) is 12.5 Å². The van der Waals surface area contributed by atoms with Crippen LogP contribution in [0.25, 0.3) is 0 Å². The summed E-state index contributed by atoms with van der Waals surface area (Å²) in [5, 5.41) is 4.38. The van der Waals surface area contributed by atoms with Gasteiger partial charge in [-0.1, -0.05) is 5.92 Å². The van der Waals surface area contributed by atoms with Gasteiger partial charge in [0.1, 0.15) is 0 Å². The van der Waals surface area contributed by atoms with Crippen molar-refractivity contribution >= 4 is 5.95 Å². The molecule has 0 aromatic carbocycles. The van der Waals surface area contributed by atoms with Crippen molar-refractivity contribution in [1.82, 2.24) is 10.1 Å². The van der Waals surface area contributed by atoms with Crippen molar-refractivity contribution in [2.24, 2.45) is 5.84 Å². The fourth-order valence-corrected chi connectivity index (χ4v) is 0.519. The molecule has 0 aliphatic rings.